The molecule has 0 aliphatic carbocycles. The first-order valence-electron chi connectivity index (χ1n) is 7.33. The van der Waals surface area contributed by atoms with E-state index in [0.717, 1.165) is 5.69 Å². The smallest absolute Gasteiger partial charge is 0.291 e. The van der Waals surface area contributed by atoms with Crippen molar-refractivity contribution in [3.8, 4) is 0 Å². The van der Waals surface area contributed by atoms with Crippen LogP contribution in [0.2, 0.25) is 0 Å². The first-order chi connectivity index (χ1) is 10.9. The minimum Gasteiger partial charge on any atom is -0.459 e. The maximum Gasteiger partial charge on any atom is 0.291 e. The lowest BCUT2D eigenvalue weighted by molar-refractivity contribution is 0.0996. The normalized spacial score (nSPS) is 19.4. The molecule has 0 spiro atoms. The largest absolute Gasteiger partial charge is 0.459 e. The fourth-order valence-electron chi connectivity index (χ4n) is 2.67. The molecule has 0 saturated carbocycles. The van der Waals surface area contributed by atoms with E-state index in [2.05, 4.69) is 5.32 Å². The van der Waals surface area contributed by atoms with Crippen molar-refractivity contribution in [3.63, 3.8) is 0 Å². The van der Waals surface area contributed by atoms with Crippen LogP contribution in [0, 0.1) is 0 Å². The molecule has 2 heterocycles. The maximum absolute atomic E-state index is 11.9. The lowest BCUT2D eigenvalue weighted by Gasteiger charge is -2.25. The molecule has 1 saturated heterocycles. The molecule has 122 valence electrons. The number of carbonyl (C=O) groups is 1. The van der Waals surface area contributed by atoms with Crippen molar-refractivity contribution >= 4 is 27.1 Å². The van der Waals surface area contributed by atoms with Crippen LogP contribution in [0.3, 0.4) is 0 Å². The van der Waals surface area contributed by atoms with E-state index in [4.69, 9.17) is 4.42 Å². The summed E-state index contributed by atoms with van der Waals surface area (Å²) in [5.41, 5.74) is 1.57. The average molecular weight is 334 g/mol. The van der Waals surface area contributed by atoms with E-state index in [-0.39, 0.29) is 29.2 Å². The number of hydrogen-bond donors (Lipinski definition) is 1. The Morgan fingerprint density at radius 1 is 1.26 bits per heavy atom. The summed E-state index contributed by atoms with van der Waals surface area (Å²) in [4.78, 5) is 13.9. The van der Waals surface area contributed by atoms with E-state index in [0.29, 0.717) is 12.1 Å². The van der Waals surface area contributed by atoms with Gasteiger partial charge in [0.15, 0.2) is 15.6 Å². The Hall–Kier alpha value is -2.28. The van der Waals surface area contributed by atoms with Crippen molar-refractivity contribution in [1.29, 1.82) is 0 Å². The molecular formula is C16H18N2O4S. The van der Waals surface area contributed by atoms with E-state index in [9.17, 15) is 13.2 Å². The van der Waals surface area contributed by atoms with E-state index < -0.39 is 9.84 Å². The Balaban J connectivity index is 1.66. The maximum atomic E-state index is 11.9. The van der Waals surface area contributed by atoms with Crippen LogP contribution in [0.15, 0.2) is 47.1 Å². The van der Waals surface area contributed by atoms with Gasteiger partial charge in [-0.3, -0.25) is 4.79 Å². The number of hydrogen-bond acceptors (Lipinski definition) is 5. The van der Waals surface area contributed by atoms with Crippen LogP contribution in [0.1, 0.15) is 17.0 Å². The molecule has 6 nitrogen and oxygen atoms in total. The number of benzene rings is 1. The van der Waals surface area contributed by atoms with Gasteiger partial charge in [0.2, 0.25) is 0 Å². The minimum atomic E-state index is -2.91. The van der Waals surface area contributed by atoms with Gasteiger partial charge in [-0.05, 0) is 42.8 Å². The predicted molar refractivity (Wildman–Crippen MR) is 88.6 cm³/mol. The van der Waals surface area contributed by atoms with Crippen molar-refractivity contribution in [1.82, 2.24) is 0 Å². The molecule has 3 rings (SSSR count). The van der Waals surface area contributed by atoms with Crippen LogP contribution < -0.4 is 10.2 Å². The second-order valence-electron chi connectivity index (χ2n) is 5.65. The monoisotopic (exact) mass is 334 g/mol. The van der Waals surface area contributed by atoms with Gasteiger partial charge in [-0.2, -0.15) is 0 Å². The van der Waals surface area contributed by atoms with Crippen LogP contribution in [-0.2, 0) is 9.84 Å². The molecule has 1 aliphatic rings. The first kappa shape index (κ1) is 15.6. The SMILES string of the molecule is CN(c1ccc(NC(=O)c2ccco2)cc1)C1CCS(=O)(=O)C1. The second-order valence-corrected chi connectivity index (χ2v) is 7.87. The van der Waals surface area contributed by atoms with E-state index in [1.54, 1.807) is 24.3 Å². The molecule has 0 radical (unpaired) electrons. The zero-order valence-electron chi connectivity index (χ0n) is 12.7. The molecule has 1 aromatic carbocycles. The van der Waals surface area contributed by atoms with Gasteiger partial charge < -0.3 is 14.6 Å². The number of carbonyl (C=O) groups excluding carboxylic acids is 1. The Morgan fingerprint density at radius 2 is 2.00 bits per heavy atom. The molecule has 7 heteroatoms. The molecule has 1 amide bonds. The standard InChI is InChI=1S/C16H18N2O4S/c1-18(14-8-10-23(20,21)11-14)13-6-4-12(5-7-13)17-16(19)15-3-2-9-22-15/h2-7,9,14H,8,10-11H2,1H3,(H,17,19). The quantitative estimate of drug-likeness (QED) is 0.927. The minimum absolute atomic E-state index is 0.00330. The first-order valence-corrected chi connectivity index (χ1v) is 9.15. The highest BCUT2D eigenvalue weighted by molar-refractivity contribution is 7.91. The zero-order chi connectivity index (χ0) is 16.4. The fourth-order valence-corrected chi connectivity index (χ4v) is 4.45. The van der Waals surface area contributed by atoms with Gasteiger partial charge in [0.1, 0.15) is 0 Å². The number of amides is 1. The van der Waals surface area contributed by atoms with Crippen LogP contribution in [0.4, 0.5) is 11.4 Å². The van der Waals surface area contributed by atoms with Crippen LogP contribution >= 0.6 is 0 Å². The Bertz CT molecular complexity index is 782. The van der Waals surface area contributed by atoms with E-state index >= 15 is 0 Å². The topological polar surface area (TPSA) is 79.6 Å². The van der Waals surface area contributed by atoms with Crippen LogP contribution in [0.25, 0.3) is 0 Å². The number of sulfone groups is 1. The van der Waals surface area contributed by atoms with Gasteiger partial charge in [0.05, 0.1) is 17.8 Å². The van der Waals surface area contributed by atoms with Gasteiger partial charge in [0.25, 0.3) is 5.91 Å². The summed E-state index contributed by atoms with van der Waals surface area (Å²) >= 11 is 0. The highest BCUT2D eigenvalue weighted by atomic mass is 32.2. The number of anilines is 2. The summed E-state index contributed by atoms with van der Waals surface area (Å²) in [6.07, 6.45) is 2.10. The van der Waals surface area contributed by atoms with Gasteiger partial charge in [-0.1, -0.05) is 0 Å². The molecule has 2 aromatic rings. The van der Waals surface area contributed by atoms with Crippen LogP contribution in [0.5, 0.6) is 0 Å². The lowest BCUT2D eigenvalue weighted by Crippen LogP contribution is -2.32. The Kier molecular flexibility index (Phi) is 4.12. The molecule has 1 N–H and O–H groups in total. The number of nitrogens with zero attached hydrogens (tertiary/aromatic N) is 1. The van der Waals surface area contributed by atoms with Crippen LogP contribution in [-0.4, -0.2) is 38.9 Å². The zero-order valence-corrected chi connectivity index (χ0v) is 13.5. The molecule has 1 aromatic heterocycles. The summed E-state index contributed by atoms with van der Waals surface area (Å²) in [6, 6.07) is 10.6. The molecule has 1 unspecified atom stereocenters. The third kappa shape index (κ3) is 3.56. The van der Waals surface area contributed by atoms with Crippen molar-refractivity contribution in [3.05, 3.63) is 48.4 Å². The number of nitrogens with one attached hydrogen (secondary N) is 1. The van der Waals surface area contributed by atoms with Crippen molar-refractivity contribution < 1.29 is 17.6 Å². The molecule has 1 aliphatic heterocycles. The second kappa shape index (κ2) is 6.08. The Labute approximate surface area is 135 Å². The van der Waals surface area contributed by atoms with Gasteiger partial charge in [-0.25, -0.2) is 8.42 Å². The third-order valence-electron chi connectivity index (χ3n) is 4.03. The van der Waals surface area contributed by atoms with Crippen molar-refractivity contribution in [2.24, 2.45) is 0 Å². The summed E-state index contributed by atoms with van der Waals surface area (Å²) in [5.74, 6) is 0.389. The molecule has 1 atom stereocenters. The average Bonchev–Trinajstić information content (AvgIpc) is 3.17. The third-order valence-corrected chi connectivity index (χ3v) is 5.78. The summed E-state index contributed by atoms with van der Waals surface area (Å²) < 4.78 is 28.2. The summed E-state index contributed by atoms with van der Waals surface area (Å²) in [5, 5.41) is 2.75. The lowest BCUT2D eigenvalue weighted by atomic mass is 10.2. The molecule has 23 heavy (non-hydrogen) atoms. The fraction of sp³-hybridized carbons (Fsp3) is 0.312. The van der Waals surface area contributed by atoms with Gasteiger partial charge in [-0.15, -0.1) is 0 Å². The Morgan fingerprint density at radius 3 is 2.57 bits per heavy atom. The molecule has 0 bridgehead atoms. The van der Waals surface area contributed by atoms with Gasteiger partial charge >= 0.3 is 0 Å². The highest BCUT2D eigenvalue weighted by Gasteiger charge is 2.30. The van der Waals surface area contributed by atoms with Crippen molar-refractivity contribution in [2.75, 3.05) is 28.8 Å². The highest BCUT2D eigenvalue weighted by Crippen LogP contribution is 2.24. The van der Waals surface area contributed by atoms with Crippen molar-refractivity contribution in [2.45, 2.75) is 12.5 Å². The van der Waals surface area contributed by atoms with Gasteiger partial charge in [0, 0.05) is 24.5 Å². The predicted octanol–water partition coefficient (Wildman–Crippen LogP) is 2.16. The summed E-state index contributed by atoms with van der Waals surface area (Å²) in [7, 11) is -1.02. The number of furan rings is 1. The van der Waals surface area contributed by atoms with E-state index in [1.807, 2.05) is 24.1 Å². The van der Waals surface area contributed by atoms with E-state index in [1.165, 1.54) is 6.26 Å². The molecular weight excluding hydrogens is 316 g/mol. The summed E-state index contributed by atoms with van der Waals surface area (Å²) in [6.45, 7) is 0. The molecule has 1 fully saturated rings. The number of rotatable bonds is 4.